The third-order valence-corrected chi connectivity index (χ3v) is 5.28. The Morgan fingerprint density at radius 2 is 1.61 bits per heavy atom. The Balaban J connectivity index is 1.47. The van der Waals surface area contributed by atoms with Crippen molar-refractivity contribution in [2.75, 3.05) is 5.32 Å². The molecule has 2 N–H and O–H groups in total. The van der Waals surface area contributed by atoms with Crippen molar-refractivity contribution in [3.05, 3.63) is 94.5 Å². The molecular weight excluding hydrogens is 414 g/mol. The topological polar surface area (TPSA) is 79.8 Å². The number of rotatable bonds is 9. The number of anilines is 1. The number of hydrogen-bond donors (Lipinski definition) is 2. The van der Waals surface area contributed by atoms with Crippen LogP contribution in [0.4, 0.5) is 5.69 Å². The van der Waals surface area contributed by atoms with Crippen molar-refractivity contribution in [2.24, 2.45) is 5.10 Å². The highest BCUT2D eigenvalue weighted by Crippen LogP contribution is 2.19. The molecule has 0 bridgehead atoms. The zero-order chi connectivity index (χ0) is 23.6. The number of hydrogen-bond acceptors (Lipinski definition) is 4. The summed E-state index contributed by atoms with van der Waals surface area (Å²) in [5.41, 5.74) is 8.37. The van der Waals surface area contributed by atoms with E-state index in [9.17, 15) is 9.59 Å². The molecule has 0 atom stereocenters. The van der Waals surface area contributed by atoms with Crippen LogP contribution in [-0.2, 0) is 16.2 Å². The second-order valence-corrected chi connectivity index (χ2v) is 7.90. The van der Waals surface area contributed by atoms with Crippen molar-refractivity contribution >= 4 is 23.7 Å². The molecule has 0 saturated carbocycles. The molecule has 0 aliphatic carbocycles. The van der Waals surface area contributed by atoms with Crippen LogP contribution in [0.5, 0.6) is 5.75 Å². The summed E-state index contributed by atoms with van der Waals surface area (Å²) in [6, 6.07) is 21.4. The number of nitrogens with one attached hydrogen (secondary N) is 2. The monoisotopic (exact) mass is 443 g/mol. The lowest BCUT2D eigenvalue weighted by Crippen LogP contribution is -2.21. The predicted octanol–water partition coefficient (Wildman–Crippen LogP) is 5.06. The van der Waals surface area contributed by atoms with Crippen molar-refractivity contribution in [3.63, 3.8) is 0 Å². The van der Waals surface area contributed by atoms with Crippen molar-refractivity contribution in [1.82, 2.24) is 5.43 Å². The average molecular weight is 444 g/mol. The Hall–Kier alpha value is -3.93. The standard InChI is InChI=1S/C27H29N3O3/c1-19-11-13-22(14-12-19)18-33-25-10-5-4-8-23(25)17-28-30-27(32)16-15-26(31)29-24-9-6-7-20(2)21(24)3/h4-14,17H,15-16,18H2,1-3H3,(H,29,31)(H,30,32). The Morgan fingerprint density at radius 1 is 0.879 bits per heavy atom. The van der Waals surface area contributed by atoms with Crippen molar-refractivity contribution in [1.29, 1.82) is 0 Å². The molecule has 0 radical (unpaired) electrons. The molecule has 3 aromatic rings. The van der Waals surface area contributed by atoms with Gasteiger partial charge in [0.25, 0.3) is 0 Å². The Kier molecular flexibility index (Phi) is 8.36. The van der Waals surface area contributed by atoms with E-state index in [4.69, 9.17) is 4.74 Å². The fourth-order valence-corrected chi connectivity index (χ4v) is 3.12. The SMILES string of the molecule is Cc1ccc(COc2ccccc2C=NNC(=O)CCC(=O)Nc2cccc(C)c2C)cc1. The highest BCUT2D eigenvalue weighted by molar-refractivity contribution is 5.94. The van der Waals surface area contributed by atoms with E-state index < -0.39 is 0 Å². The number of aryl methyl sites for hydroxylation is 2. The fourth-order valence-electron chi connectivity index (χ4n) is 3.12. The van der Waals surface area contributed by atoms with Crippen LogP contribution in [0.3, 0.4) is 0 Å². The number of carbonyl (C=O) groups excluding carboxylic acids is 2. The number of benzene rings is 3. The minimum Gasteiger partial charge on any atom is -0.488 e. The summed E-state index contributed by atoms with van der Waals surface area (Å²) >= 11 is 0. The van der Waals surface area contributed by atoms with Gasteiger partial charge in [-0.1, -0.05) is 54.1 Å². The molecule has 2 amide bonds. The largest absolute Gasteiger partial charge is 0.488 e. The van der Waals surface area contributed by atoms with Gasteiger partial charge in [-0.25, -0.2) is 5.43 Å². The van der Waals surface area contributed by atoms with Crippen LogP contribution in [0, 0.1) is 20.8 Å². The minimum absolute atomic E-state index is 0.0413. The fraction of sp³-hybridized carbons (Fsp3) is 0.222. The minimum atomic E-state index is -0.333. The Morgan fingerprint density at radius 3 is 2.39 bits per heavy atom. The highest BCUT2D eigenvalue weighted by Gasteiger charge is 2.09. The maximum atomic E-state index is 12.2. The van der Waals surface area contributed by atoms with Crippen LogP contribution in [0.2, 0.25) is 0 Å². The van der Waals surface area contributed by atoms with Gasteiger partial charge in [0.1, 0.15) is 12.4 Å². The van der Waals surface area contributed by atoms with Crippen LogP contribution in [-0.4, -0.2) is 18.0 Å². The summed E-state index contributed by atoms with van der Waals surface area (Å²) in [7, 11) is 0. The summed E-state index contributed by atoms with van der Waals surface area (Å²) in [6.45, 7) is 6.42. The number of amides is 2. The average Bonchev–Trinajstić information content (AvgIpc) is 2.81. The van der Waals surface area contributed by atoms with E-state index in [0.717, 1.165) is 27.9 Å². The summed E-state index contributed by atoms with van der Waals surface area (Å²) in [6.07, 6.45) is 1.66. The van der Waals surface area contributed by atoms with E-state index in [-0.39, 0.29) is 24.7 Å². The van der Waals surface area contributed by atoms with Gasteiger partial charge in [0.2, 0.25) is 11.8 Å². The molecule has 3 rings (SSSR count). The summed E-state index contributed by atoms with van der Waals surface area (Å²) in [4.78, 5) is 24.3. The molecule has 33 heavy (non-hydrogen) atoms. The first-order valence-electron chi connectivity index (χ1n) is 10.9. The predicted molar refractivity (Wildman–Crippen MR) is 131 cm³/mol. The molecular formula is C27H29N3O3. The van der Waals surface area contributed by atoms with Gasteiger partial charge in [0.05, 0.1) is 6.21 Å². The van der Waals surface area contributed by atoms with Crippen LogP contribution in [0.25, 0.3) is 0 Å². The third kappa shape index (κ3) is 7.31. The molecule has 3 aromatic carbocycles. The van der Waals surface area contributed by atoms with E-state index in [1.165, 1.54) is 5.56 Å². The van der Waals surface area contributed by atoms with Crippen LogP contribution in [0.15, 0.2) is 71.8 Å². The van der Waals surface area contributed by atoms with Crippen LogP contribution < -0.4 is 15.5 Å². The van der Waals surface area contributed by atoms with E-state index in [0.29, 0.717) is 12.4 Å². The molecule has 0 aliphatic rings. The maximum absolute atomic E-state index is 12.2. The van der Waals surface area contributed by atoms with Gasteiger partial charge in [0.15, 0.2) is 0 Å². The van der Waals surface area contributed by atoms with Gasteiger partial charge < -0.3 is 10.1 Å². The van der Waals surface area contributed by atoms with Crippen molar-refractivity contribution < 1.29 is 14.3 Å². The molecule has 0 spiro atoms. The molecule has 6 heteroatoms. The number of para-hydroxylation sites is 1. The van der Waals surface area contributed by atoms with E-state index >= 15 is 0 Å². The highest BCUT2D eigenvalue weighted by atomic mass is 16.5. The van der Waals surface area contributed by atoms with Gasteiger partial charge in [0, 0.05) is 24.1 Å². The molecule has 0 unspecified atom stereocenters. The van der Waals surface area contributed by atoms with Crippen molar-refractivity contribution in [2.45, 2.75) is 40.2 Å². The third-order valence-electron chi connectivity index (χ3n) is 5.28. The van der Waals surface area contributed by atoms with E-state index in [2.05, 4.69) is 15.8 Å². The zero-order valence-corrected chi connectivity index (χ0v) is 19.2. The molecule has 0 saturated heterocycles. The molecule has 0 aromatic heterocycles. The quantitative estimate of drug-likeness (QED) is 0.358. The van der Waals surface area contributed by atoms with Gasteiger partial charge in [-0.3, -0.25) is 9.59 Å². The van der Waals surface area contributed by atoms with E-state index in [1.807, 2.05) is 87.5 Å². The van der Waals surface area contributed by atoms with Gasteiger partial charge in [-0.2, -0.15) is 5.10 Å². The van der Waals surface area contributed by atoms with Crippen molar-refractivity contribution in [3.8, 4) is 5.75 Å². The lowest BCUT2D eigenvalue weighted by Gasteiger charge is -2.10. The smallest absolute Gasteiger partial charge is 0.240 e. The second kappa shape index (κ2) is 11.6. The lowest BCUT2D eigenvalue weighted by atomic mass is 10.1. The number of carbonyl (C=O) groups is 2. The number of nitrogens with zero attached hydrogens (tertiary/aromatic N) is 1. The zero-order valence-electron chi connectivity index (χ0n) is 19.2. The molecule has 0 fully saturated rings. The van der Waals surface area contributed by atoms with Gasteiger partial charge in [-0.05, 0) is 55.7 Å². The molecule has 170 valence electrons. The van der Waals surface area contributed by atoms with Gasteiger partial charge in [-0.15, -0.1) is 0 Å². The Bertz CT molecular complexity index is 1140. The first kappa shape index (κ1) is 23.7. The summed E-state index contributed by atoms with van der Waals surface area (Å²) in [5, 5.41) is 6.87. The Labute approximate surface area is 194 Å². The number of hydrazone groups is 1. The normalized spacial score (nSPS) is 10.8. The molecule has 0 aliphatic heterocycles. The van der Waals surface area contributed by atoms with E-state index in [1.54, 1.807) is 6.21 Å². The second-order valence-electron chi connectivity index (χ2n) is 7.90. The molecule has 6 nitrogen and oxygen atoms in total. The number of ether oxygens (including phenoxy) is 1. The van der Waals surface area contributed by atoms with Crippen LogP contribution >= 0.6 is 0 Å². The summed E-state index contributed by atoms with van der Waals surface area (Å²) in [5.74, 6) is 0.127. The first-order valence-corrected chi connectivity index (χ1v) is 10.9. The first-order chi connectivity index (χ1) is 15.9. The van der Waals surface area contributed by atoms with Crippen LogP contribution in [0.1, 0.15) is 40.7 Å². The van der Waals surface area contributed by atoms with Gasteiger partial charge >= 0.3 is 0 Å². The molecule has 0 heterocycles. The maximum Gasteiger partial charge on any atom is 0.240 e. The lowest BCUT2D eigenvalue weighted by molar-refractivity contribution is -0.124. The summed E-state index contributed by atoms with van der Waals surface area (Å²) < 4.78 is 5.92.